The third-order valence-corrected chi connectivity index (χ3v) is 0. The van der Waals surface area contributed by atoms with E-state index in [2.05, 4.69) is 0 Å². The molecular formula is O3Ta-. The maximum atomic E-state index is 8.62. The predicted octanol–water partition coefficient (Wildman–Crippen LogP) is -1.43. The zero-order valence-electron chi connectivity index (χ0n) is 1.67. The molecule has 0 aliphatic carbocycles. The summed E-state index contributed by atoms with van der Waals surface area (Å²) >= 11 is -4.34. The molecule has 0 heterocycles. The molecule has 0 aromatic heterocycles. The molecule has 0 aliphatic rings. The molecule has 0 amide bonds. The van der Waals surface area contributed by atoms with Crippen LogP contribution in [0, 0.1) is 0 Å². The normalized spacial score (nSPS) is 6.25. The minimum absolute atomic E-state index is 4.34. The third kappa shape index (κ3) is 43.1. The van der Waals surface area contributed by atoms with Gasteiger partial charge in [-0.3, -0.25) is 0 Å². The van der Waals surface area contributed by atoms with Gasteiger partial charge in [0.05, 0.1) is 0 Å². The van der Waals surface area contributed by atoms with E-state index in [1.54, 1.807) is 0 Å². The van der Waals surface area contributed by atoms with Gasteiger partial charge in [-0.25, -0.2) is 0 Å². The molecule has 0 rings (SSSR count). The number of rotatable bonds is 0. The van der Waals surface area contributed by atoms with Crippen molar-refractivity contribution in [3.63, 3.8) is 0 Å². The van der Waals surface area contributed by atoms with Crippen molar-refractivity contribution < 1.29 is 28.9 Å². The van der Waals surface area contributed by atoms with Crippen LogP contribution in [0.5, 0.6) is 0 Å². The molecule has 0 aromatic carbocycles. The van der Waals surface area contributed by atoms with Gasteiger partial charge in [0.25, 0.3) is 0 Å². The monoisotopic (exact) mass is 229 g/mol. The molecule has 0 spiro atoms. The van der Waals surface area contributed by atoms with Crippen LogP contribution in [0.25, 0.3) is 0 Å². The first-order valence-corrected chi connectivity index (χ1v) is 4.48. The molecule has 0 N–H and O–H groups in total. The summed E-state index contributed by atoms with van der Waals surface area (Å²) in [6, 6.07) is 0. The summed E-state index contributed by atoms with van der Waals surface area (Å²) in [7, 11) is 0. The van der Waals surface area contributed by atoms with E-state index in [0.717, 1.165) is 0 Å². The van der Waals surface area contributed by atoms with Gasteiger partial charge < -0.3 is 0 Å². The molecule has 0 saturated heterocycles. The third-order valence-electron chi connectivity index (χ3n) is 0. The van der Waals surface area contributed by atoms with Crippen molar-refractivity contribution in [2.45, 2.75) is 0 Å². The quantitative estimate of drug-likeness (QED) is 0.511. The van der Waals surface area contributed by atoms with Crippen LogP contribution >= 0.6 is 0 Å². The fourth-order valence-electron chi connectivity index (χ4n) is 0. The first-order chi connectivity index (χ1) is 1.73. The summed E-state index contributed by atoms with van der Waals surface area (Å²) < 4.78 is 25.9. The van der Waals surface area contributed by atoms with Crippen LogP contribution in [0.4, 0.5) is 0 Å². The molecule has 3 nitrogen and oxygen atoms in total. The summed E-state index contributed by atoms with van der Waals surface area (Å²) in [6.45, 7) is 0. The SMILES string of the molecule is [O]=[Ta](=[O])[O-]. The summed E-state index contributed by atoms with van der Waals surface area (Å²) in [5.41, 5.74) is 0. The average molecular weight is 229 g/mol. The molecule has 24 valence electrons. The molecule has 0 atom stereocenters. The fraction of sp³-hybridized carbons (Fsp3) is 0. The van der Waals surface area contributed by atoms with Crippen molar-refractivity contribution in [2.75, 3.05) is 0 Å². The first-order valence-electron chi connectivity index (χ1n) is 0.548. The van der Waals surface area contributed by atoms with Crippen molar-refractivity contribution in [3.8, 4) is 0 Å². The van der Waals surface area contributed by atoms with Gasteiger partial charge in [0, 0.05) is 0 Å². The van der Waals surface area contributed by atoms with Crippen LogP contribution in [-0.2, 0) is 25.3 Å². The molecule has 0 saturated carbocycles. The van der Waals surface area contributed by atoms with Crippen LogP contribution in [0.15, 0.2) is 0 Å². The Balaban J connectivity index is 3.51. The van der Waals surface area contributed by atoms with Crippen LogP contribution < -0.4 is 3.61 Å². The zero-order valence-corrected chi connectivity index (χ0v) is 4.89. The molecule has 0 aliphatic heterocycles. The van der Waals surface area contributed by atoms with Gasteiger partial charge in [0.15, 0.2) is 0 Å². The molecule has 0 aromatic rings. The fourth-order valence-corrected chi connectivity index (χ4v) is 0. The minimum atomic E-state index is -4.34. The van der Waals surface area contributed by atoms with E-state index in [-0.39, 0.29) is 0 Å². The van der Waals surface area contributed by atoms with Gasteiger partial charge in [-0.15, -0.1) is 0 Å². The first kappa shape index (κ1) is 4.30. The van der Waals surface area contributed by atoms with E-state index in [9.17, 15) is 0 Å². The average Bonchev–Trinajstić information content (AvgIpc) is 0.811. The molecule has 0 unspecified atom stereocenters. The second kappa shape index (κ2) is 1.60. The van der Waals surface area contributed by atoms with Crippen molar-refractivity contribution in [1.29, 1.82) is 0 Å². The maximum absolute atomic E-state index is 8.62. The Morgan fingerprint density at radius 1 is 1.50 bits per heavy atom. The van der Waals surface area contributed by atoms with Gasteiger partial charge in [-0.2, -0.15) is 0 Å². The zero-order chi connectivity index (χ0) is 3.58. The Kier molecular flexibility index (Phi) is 1.72. The van der Waals surface area contributed by atoms with E-state index in [0.29, 0.717) is 0 Å². The molecule has 0 radical (unpaired) electrons. The van der Waals surface area contributed by atoms with Gasteiger partial charge >= 0.3 is 28.9 Å². The summed E-state index contributed by atoms with van der Waals surface area (Å²) in [5, 5.41) is 0. The van der Waals surface area contributed by atoms with Crippen LogP contribution in [0.3, 0.4) is 0 Å². The molecule has 4 heteroatoms. The molecule has 0 fully saturated rings. The molecule has 4 heavy (non-hydrogen) atoms. The summed E-state index contributed by atoms with van der Waals surface area (Å²) in [5.74, 6) is 0. The van der Waals surface area contributed by atoms with Gasteiger partial charge in [-0.05, 0) is 0 Å². The van der Waals surface area contributed by atoms with Gasteiger partial charge in [0.1, 0.15) is 0 Å². The second-order valence-corrected chi connectivity index (χ2v) is 1.83. The van der Waals surface area contributed by atoms with E-state index in [1.165, 1.54) is 0 Å². The van der Waals surface area contributed by atoms with Crippen molar-refractivity contribution in [1.82, 2.24) is 0 Å². The van der Waals surface area contributed by atoms with E-state index in [4.69, 9.17) is 10.1 Å². The molecule has 0 bridgehead atoms. The van der Waals surface area contributed by atoms with Gasteiger partial charge in [-0.1, -0.05) is 0 Å². The standard InChI is InChI=1S/3O.Ta/q;;-1;. The topological polar surface area (TPSA) is 57.2 Å². The second-order valence-electron chi connectivity index (χ2n) is 0.224. The Hall–Kier alpha value is 0.300. The van der Waals surface area contributed by atoms with E-state index >= 15 is 0 Å². The Morgan fingerprint density at radius 3 is 1.50 bits per heavy atom. The van der Waals surface area contributed by atoms with Gasteiger partial charge in [0.2, 0.25) is 0 Å². The van der Waals surface area contributed by atoms with Crippen molar-refractivity contribution in [2.24, 2.45) is 0 Å². The van der Waals surface area contributed by atoms with Crippen molar-refractivity contribution in [3.05, 3.63) is 0 Å². The van der Waals surface area contributed by atoms with Crippen LogP contribution in [-0.4, -0.2) is 0 Å². The van der Waals surface area contributed by atoms with E-state index in [1.807, 2.05) is 0 Å². The van der Waals surface area contributed by atoms with Crippen LogP contribution in [0.2, 0.25) is 0 Å². The summed E-state index contributed by atoms with van der Waals surface area (Å²) in [4.78, 5) is 0. The Labute approximate surface area is 29.5 Å². The van der Waals surface area contributed by atoms with Crippen LogP contribution in [0.1, 0.15) is 0 Å². The van der Waals surface area contributed by atoms with E-state index < -0.39 is 18.8 Å². The summed E-state index contributed by atoms with van der Waals surface area (Å²) in [6.07, 6.45) is 0. The predicted molar refractivity (Wildman–Crippen MR) is 1.37 cm³/mol. The number of hydrogen-bond acceptors (Lipinski definition) is 3. The Morgan fingerprint density at radius 2 is 1.50 bits per heavy atom. The van der Waals surface area contributed by atoms with Crippen molar-refractivity contribution >= 4 is 0 Å². The Bertz CT molecular complexity index is 51.7. The number of hydrogen-bond donors (Lipinski definition) is 0. The molecular weight excluding hydrogens is 229 g/mol.